The minimum atomic E-state index is -0.777. The molecule has 2 heterocycles. The number of benzene rings is 1. The Hall–Kier alpha value is -2.28. The number of aryl methyl sites for hydroxylation is 1. The zero-order chi connectivity index (χ0) is 15.9. The van der Waals surface area contributed by atoms with E-state index in [4.69, 9.17) is 0 Å². The smallest absolute Gasteiger partial charge is 0.274 e. The fourth-order valence-corrected chi connectivity index (χ4v) is 2.77. The lowest BCUT2D eigenvalue weighted by molar-refractivity contribution is 0.0708. The van der Waals surface area contributed by atoms with Gasteiger partial charge < -0.3 is 14.6 Å². The Bertz CT molecular complexity index is 717. The van der Waals surface area contributed by atoms with Crippen molar-refractivity contribution in [2.45, 2.75) is 18.6 Å². The van der Waals surface area contributed by atoms with E-state index in [1.54, 1.807) is 17.8 Å². The third-order valence-corrected chi connectivity index (χ3v) is 3.78. The number of carbonyl (C=O) groups excluding carboxylic acids is 1. The van der Waals surface area contributed by atoms with Crippen molar-refractivity contribution >= 4 is 5.91 Å². The largest absolute Gasteiger partial charge is 0.391 e. The highest BCUT2D eigenvalue weighted by atomic mass is 19.1. The minimum Gasteiger partial charge on any atom is -0.391 e. The maximum Gasteiger partial charge on any atom is 0.274 e. The van der Waals surface area contributed by atoms with Crippen LogP contribution in [-0.4, -0.2) is 38.1 Å². The molecular formula is C15H15F2N3O2. The predicted octanol–water partition coefficient (Wildman–Crippen LogP) is 1.65. The third-order valence-electron chi connectivity index (χ3n) is 3.78. The van der Waals surface area contributed by atoms with Crippen LogP contribution >= 0.6 is 0 Å². The summed E-state index contributed by atoms with van der Waals surface area (Å²) in [6, 6.07) is 2.41. The van der Waals surface area contributed by atoms with Crippen LogP contribution in [0.4, 0.5) is 8.78 Å². The standard InChI is InChI=1S/C15H15F2N3O2/c1-19-7-13(18-8-19)15(22)20-6-10(21)5-14(20)11-4-9(16)2-3-12(11)17/h2-4,7-8,10,14,21H,5-6H2,1H3/t10-,14-/m1/s1. The fourth-order valence-electron chi connectivity index (χ4n) is 2.77. The van der Waals surface area contributed by atoms with Crippen molar-refractivity contribution in [3.63, 3.8) is 0 Å². The van der Waals surface area contributed by atoms with Crippen molar-refractivity contribution in [1.82, 2.24) is 14.5 Å². The second kappa shape index (κ2) is 5.49. The van der Waals surface area contributed by atoms with Gasteiger partial charge in [-0.3, -0.25) is 4.79 Å². The summed E-state index contributed by atoms with van der Waals surface area (Å²) < 4.78 is 29.0. The third kappa shape index (κ3) is 2.59. The average Bonchev–Trinajstić information content (AvgIpc) is 3.07. The summed E-state index contributed by atoms with van der Waals surface area (Å²) in [7, 11) is 1.73. The molecule has 0 spiro atoms. The van der Waals surface area contributed by atoms with E-state index < -0.39 is 29.7 Å². The van der Waals surface area contributed by atoms with Gasteiger partial charge in [-0.2, -0.15) is 0 Å². The minimum absolute atomic E-state index is 0.0655. The molecule has 0 radical (unpaired) electrons. The van der Waals surface area contributed by atoms with Crippen LogP contribution in [0.1, 0.15) is 28.5 Å². The highest BCUT2D eigenvalue weighted by Gasteiger charge is 2.37. The summed E-state index contributed by atoms with van der Waals surface area (Å²) >= 11 is 0. The molecule has 116 valence electrons. The van der Waals surface area contributed by atoms with Crippen molar-refractivity contribution in [1.29, 1.82) is 0 Å². The number of aromatic nitrogens is 2. The van der Waals surface area contributed by atoms with Gasteiger partial charge in [-0.15, -0.1) is 0 Å². The molecule has 1 aromatic heterocycles. The van der Waals surface area contributed by atoms with Crippen molar-refractivity contribution in [2.24, 2.45) is 7.05 Å². The van der Waals surface area contributed by atoms with Crippen LogP contribution < -0.4 is 0 Å². The van der Waals surface area contributed by atoms with Crippen molar-refractivity contribution in [3.05, 3.63) is 53.6 Å². The Balaban J connectivity index is 1.95. The maximum absolute atomic E-state index is 14.0. The van der Waals surface area contributed by atoms with Gasteiger partial charge in [0.2, 0.25) is 0 Å². The van der Waals surface area contributed by atoms with Gasteiger partial charge in [0.25, 0.3) is 5.91 Å². The Morgan fingerprint density at radius 1 is 1.41 bits per heavy atom. The molecule has 1 amide bonds. The molecule has 1 aliphatic rings. The first kappa shape index (κ1) is 14.6. The van der Waals surface area contributed by atoms with Gasteiger partial charge >= 0.3 is 0 Å². The van der Waals surface area contributed by atoms with E-state index in [1.807, 2.05) is 0 Å². The Labute approximate surface area is 125 Å². The normalized spacial score (nSPS) is 21.4. The van der Waals surface area contributed by atoms with E-state index in [9.17, 15) is 18.7 Å². The SMILES string of the molecule is Cn1cnc(C(=O)N2C[C@H](O)C[C@@H]2c2cc(F)ccc2F)c1. The molecule has 1 aliphatic heterocycles. The summed E-state index contributed by atoms with van der Waals surface area (Å²) in [5.74, 6) is -1.59. The molecule has 22 heavy (non-hydrogen) atoms. The molecule has 1 N–H and O–H groups in total. The second-order valence-electron chi connectivity index (χ2n) is 5.45. The molecule has 0 saturated carbocycles. The molecule has 3 rings (SSSR count). The predicted molar refractivity (Wildman–Crippen MR) is 74.0 cm³/mol. The van der Waals surface area contributed by atoms with E-state index in [1.165, 1.54) is 11.2 Å². The van der Waals surface area contributed by atoms with Crippen molar-refractivity contribution in [2.75, 3.05) is 6.54 Å². The molecule has 2 aromatic rings. The average molecular weight is 307 g/mol. The quantitative estimate of drug-likeness (QED) is 0.918. The molecule has 7 heteroatoms. The number of rotatable bonds is 2. The number of β-amino-alcohol motifs (C(OH)–C–C–N with tert-alkyl or cyclic N) is 1. The summed E-state index contributed by atoms with van der Waals surface area (Å²) in [6.07, 6.45) is 2.42. The van der Waals surface area contributed by atoms with Gasteiger partial charge in [0, 0.05) is 25.4 Å². The summed E-state index contributed by atoms with van der Waals surface area (Å²) in [6.45, 7) is 0.0655. The Morgan fingerprint density at radius 3 is 2.86 bits per heavy atom. The van der Waals surface area contributed by atoms with Gasteiger partial charge in [0.05, 0.1) is 18.5 Å². The first-order valence-corrected chi connectivity index (χ1v) is 6.87. The van der Waals surface area contributed by atoms with Crippen molar-refractivity contribution in [3.8, 4) is 0 Å². The Kier molecular flexibility index (Phi) is 3.66. The molecule has 0 aliphatic carbocycles. The Morgan fingerprint density at radius 2 is 2.18 bits per heavy atom. The number of likely N-dealkylation sites (tertiary alicyclic amines) is 1. The zero-order valence-electron chi connectivity index (χ0n) is 11.9. The van der Waals surface area contributed by atoms with Crippen LogP contribution in [-0.2, 0) is 7.05 Å². The van der Waals surface area contributed by atoms with E-state index in [0.29, 0.717) is 0 Å². The highest BCUT2D eigenvalue weighted by Crippen LogP contribution is 2.34. The number of amides is 1. The maximum atomic E-state index is 14.0. The number of aliphatic hydroxyl groups excluding tert-OH is 1. The summed E-state index contributed by atoms with van der Waals surface area (Å²) in [4.78, 5) is 17.8. The number of halogens is 2. The summed E-state index contributed by atoms with van der Waals surface area (Å²) in [5.41, 5.74) is 0.277. The number of carbonyl (C=O) groups is 1. The molecule has 5 nitrogen and oxygen atoms in total. The first-order valence-electron chi connectivity index (χ1n) is 6.87. The molecule has 1 saturated heterocycles. The second-order valence-corrected chi connectivity index (χ2v) is 5.45. The number of aliphatic hydroxyl groups is 1. The van der Waals surface area contributed by atoms with Crippen LogP contribution in [0.3, 0.4) is 0 Å². The fraction of sp³-hybridized carbons (Fsp3) is 0.333. The van der Waals surface area contributed by atoms with Crippen LogP contribution in [0, 0.1) is 11.6 Å². The van der Waals surface area contributed by atoms with Gasteiger partial charge in [-0.25, -0.2) is 13.8 Å². The van der Waals surface area contributed by atoms with E-state index in [2.05, 4.69) is 4.98 Å². The monoisotopic (exact) mass is 307 g/mol. The van der Waals surface area contributed by atoms with E-state index in [0.717, 1.165) is 18.2 Å². The van der Waals surface area contributed by atoms with Crippen LogP contribution in [0.15, 0.2) is 30.7 Å². The number of hydrogen-bond donors (Lipinski definition) is 1. The van der Waals surface area contributed by atoms with Gasteiger partial charge in [0.1, 0.15) is 17.3 Å². The lowest BCUT2D eigenvalue weighted by atomic mass is 10.0. The first-order chi connectivity index (χ1) is 10.5. The lowest BCUT2D eigenvalue weighted by Gasteiger charge is -2.24. The number of imidazole rings is 1. The molecule has 0 bridgehead atoms. The topological polar surface area (TPSA) is 58.4 Å². The molecule has 1 aromatic carbocycles. The lowest BCUT2D eigenvalue weighted by Crippen LogP contribution is -2.32. The molecule has 2 atom stereocenters. The van der Waals surface area contributed by atoms with Gasteiger partial charge in [-0.1, -0.05) is 0 Å². The molecular weight excluding hydrogens is 292 g/mol. The summed E-state index contributed by atoms with van der Waals surface area (Å²) in [5, 5.41) is 9.86. The van der Waals surface area contributed by atoms with E-state index >= 15 is 0 Å². The van der Waals surface area contributed by atoms with Gasteiger partial charge in [-0.05, 0) is 24.6 Å². The van der Waals surface area contributed by atoms with Crippen molar-refractivity contribution < 1.29 is 18.7 Å². The van der Waals surface area contributed by atoms with Crippen LogP contribution in [0.2, 0.25) is 0 Å². The van der Waals surface area contributed by atoms with Gasteiger partial charge in [0.15, 0.2) is 0 Å². The van der Waals surface area contributed by atoms with E-state index in [-0.39, 0.29) is 24.2 Å². The number of nitrogens with zero attached hydrogens (tertiary/aromatic N) is 3. The zero-order valence-corrected chi connectivity index (χ0v) is 11.9. The highest BCUT2D eigenvalue weighted by molar-refractivity contribution is 5.92. The number of hydrogen-bond acceptors (Lipinski definition) is 3. The van der Waals surface area contributed by atoms with Crippen LogP contribution in [0.25, 0.3) is 0 Å². The molecule has 1 fully saturated rings. The molecule has 0 unspecified atom stereocenters. The van der Waals surface area contributed by atoms with Crippen LogP contribution in [0.5, 0.6) is 0 Å².